The van der Waals surface area contributed by atoms with Crippen molar-refractivity contribution < 1.29 is 8.42 Å². The van der Waals surface area contributed by atoms with Gasteiger partial charge in [0.25, 0.3) is 0 Å². The zero-order chi connectivity index (χ0) is 14.3. The van der Waals surface area contributed by atoms with Gasteiger partial charge in [0.2, 0.25) is 10.0 Å². The second-order valence-corrected chi connectivity index (χ2v) is 6.52. The van der Waals surface area contributed by atoms with Crippen LogP contribution in [0.1, 0.15) is 26.7 Å². The van der Waals surface area contributed by atoms with E-state index in [-0.39, 0.29) is 4.90 Å². The predicted octanol–water partition coefficient (Wildman–Crippen LogP) is 0.913. The van der Waals surface area contributed by atoms with Gasteiger partial charge in [-0.3, -0.25) is 4.68 Å². The predicted molar refractivity (Wildman–Crippen MR) is 75.5 cm³/mol. The highest BCUT2D eigenvalue weighted by Crippen LogP contribution is 2.13. The van der Waals surface area contributed by atoms with Gasteiger partial charge in [-0.05, 0) is 13.0 Å². The highest BCUT2D eigenvalue weighted by molar-refractivity contribution is 7.89. The molecule has 1 rings (SSSR count). The van der Waals surface area contributed by atoms with Crippen LogP contribution in [0, 0.1) is 0 Å². The summed E-state index contributed by atoms with van der Waals surface area (Å²) in [5.74, 6) is 0. The molecule has 0 saturated carbocycles. The fourth-order valence-electron chi connectivity index (χ4n) is 1.65. The third kappa shape index (κ3) is 4.59. The van der Waals surface area contributed by atoms with Gasteiger partial charge in [0.1, 0.15) is 4.90 Å². The Kier molecular flexibility index (Phi) is 6.47. The first-order chi connectivity index (χ1) is 9.02. The molecule has 19 heavy (non-hydrogen) atoms. The van der Waals surface area contributed by atoms with Crippen molar-refractivity contribution in [2.24, 2.45) is 0 Å². The lowest BCUT2D eigenvalue weighted by Gasteiger charge is -2.15. The van der Waals surface area contributed by atoms with Crippen LogP contribution >= 0.6 is 0 Å². The molecule has 1 aromatic heterocycles. The Bertz CT molecular complexity index is 470. The van der Waals surface area contributed by atoms with Crippen molar-refractivity contribution in [2.75, 3.05) is 26.7 Å². The number of hydrogen-bond donors (Lipinski definition) is 1. The molecule has 0 aliphatic rings. The fraction of sp³-hybridized carbons (Fsp3) is 0.750. The van der Waals surface area contributed by atoms with Crippen molar-refractivity contribution in [1.82, 2.24) is 19.4 Å². The first-order valence-corrected chi connectivity index (χ1v) is 8.15. The molecular weight excluding hydrogens is 264 g/mol. The minimum absolute atomic E-state index is 0.266. The summed E-state index contributed by atoms with van der Waals surface area (Å²) in [7, 11) is -1.78. The van der Waals surface area contributed by atoms with Crippen molar-refractivity contribution in [3.63, 3.8) is 0 Å². The molecule has 6 nitrogen and oxygen atoms in total. The lowest BCUT2D eigenvalue weighted by Crippen LogP contribution is -2.27. The second kappa shape index (κ2) is 7.62. The van der Waals surface area contributed by atoms with E-state index in [2.05, 4.69) is 10.4 Å². The van der Waals surface area contributed by atoms with E-state index in [0.717, 1.165) is 25.9 Å². The maximum Gasteiger partial charge on any atom is 0.245 e. The Hall–Kier alpha value is -0.920. The van der Waals surface area contributed by atoms with Crippen LogP contribution in [-0.2, 0) is 16.6 Å². The lowest BCUT2D eigenvalue weighted by molar-refractivity contribution is 0.459. The topological polar surface area (TPSA) is 67.2 Å². The van der Waals surface area contributed by atoms with Gasteiger partial charge in [0, 0.05) is 26.3 Å². The molecule has 0 amide bonds. The minimum atomic E-state index is -3.39. The van der Waals surface area contributed by atoms with Crippen molar-refractivity contribution in [3.8, 4) is 0 Å². The number of nitrogens with zero attached hydrogens (tertiary/aromatic N) is 3. The van der Waals surface area contributed by atoms with Crippen molar-refractivity contribution in [3.05, 3.63) is 12.4 Å². The van der Waals surface area contributed by atoms with E-state index in [1.165, 1.54) is 10.5 Å². The SMILES string of the molecule is CCCCN(C)S(=O)(=O)c1cnn(CCNCC)c1. The van der Waals surface area contributed by atoms with Gasteiger partial charge in [-0.15, -0.1) is 0 Å². The molecule has 0 aliphatic heterocycles. The minimum Gasteiger partial charge on any atom is -0.315 e. The molecule has 0 atom stereocenters. The standard InChI is InChI=1S/C12H24N4O2S/c1-4-6-8-15(3)19(17,18)12-10-14-16(11-12)9-7-13-5-2/h10-11,13H,4-9H2,1-3H3. The molecule has 0 unspecified atom stereocenters. The molecule has 1 aromatic rings. The van der Waals surface area contributed by atoms with Gasteiger partial charge in [0.15, 0.2) is 0 Å². The Morgan fingerprint density at radius 2 is 2.16 bits per heavy atom. The molecule has 7 heteroatoms. The summed E-state index contributed by atoms with van der Waals surface area (Å²) in [6, 6.07) is 0. The summed E-state index contributed by atoms with van der Waals surface area (Å²) in [6.45, 7) is 6.96. The first kappa shape index (κ1) is 16.1. The zero-order valence-electron chi connectivity index (χ0n) is 12.0. The molecule has 0 aromatic carbocycles. The number of unbranched alkanes of at least 4 members (excludes halogenated alkanes) is 1. The van der Waals surface area contributed by atoms with Crippen LogP contribution in [0.2, 0.25) is 0 Å². The number of hydrogen-bond acceptors (Lipinski definition) is 4. The fourth-order valence-corrected chi connectivity index (χ4v) is 2.82. The van der Waals surface area contributed by atoms with Crippen molar-refractivity contribution in [2.45, 2.75) is 38.1 Å². The van der Waals surface area contributed by atoms with E-state index in [0.29, 0.717) is 13.1 Å². The number of aromatic nitrogens is 2. The van der Waals surface area contributed by atoms with Crippen LogP contribution in [0.5, 0.6) is 0 Å². The average molecular weight is 288 g/mol. The van der Waals surface area contributed by atoms with Crippen LogP contribution < -0.4 is 5.32 Å². The van der Waals surface area contributed by atoms with Gasteiger partial charge in [0.05, 0.1) is 12.7 Å². The Balaban J connectivity index is 2.68. The molecule has 1 N–H and O–H groups in total. The van der Waals surface area contributed by atoms with Crippen molar-refractivity contribution >= 4 is 10.0 Å². The van der Waals surface area contributed by atoms with Crippen LogP contribution in [-0.4, -0.2) is 49.2 Å². The Morgan fingerprint density at radius 3 is 2.79 bits per heavy atom. The molecule has 110 valence electrons. The van der Waals surface area contributed by atoms with E-state index in [4.69, 9.17) is 0 Å². The van der Waals surface area contributed by atoms with Crippen LogP contribution in [0.25, 0.3) is 0 Å². The van der Waals surface area contributed by atoms with E-state index < -0.39 is 10.0 Å². The van der Waals surface area contributed by atoms with Gasteiger partial charge < -0.3 is 5.32 Å². The lowest BCUT2D eigenvalue weighted by atomic mass is 10.3. The maximum absolute atomic E-state index is 12.2. The van der Waals surface area contributed by atoms with Crippen molar-refractivity contribution in [1.29, 1.82) is 0 Å². The monoisotopic (exact) mass is 288 g/mol. The summed E-state index contributed by atoms with van der Waals surface area (Å²) < 4.78 is 27.5. The highest BCUT2D eigenvalue weighted by atomic mass is 32.2. The molecule has 0 saturated heterocycles. The summed E-state index contributed by atoms with van der Waals surface area (Å²) in [4.78, 5) is 0.266. The van der Waals surface area contributed by atoms with Gasteiger partial charge in [-0.2, -0.15) is 5.10 Å². The molecule has 1 heterocycles. The zero-order valence-corrected chi connectivity index (χ0v) is 12.8. The summed E-state index contributed by atoms with van der Waals surface area (Å²) >= 11 is 0. The van der Waals surface area contributed by atoms with E-state index in [9.17, 15) is 8.42 Å². The van der Waals surface area contributed by atoms with Crippen LogP contribution in [0.15, 0.2) is 17.3 Å². The molecule has 0 bridgehead atoms. The van der Waals surface area contributed by atoms with Gasteiger partial charge in [-0.25, -0.2) is 12.7 Å². The largest absolute Gasteiger partial charge is 0.315 e. The Morgan fingerprint density at radius 1 is 1.42 bits per heavy atom. The summed E-state index contributed by atoms with van der Waals surface area (Å²) in [5, 5.41) is 7.26. The second-order valence-electron chi connectivity index (χ2n) is 4.47. The molecule has 0 fully saturated rings. The number of likely N-dealkylation sites (N-methyl/N-ethyl adjacent to an activating group) is 1. The maximum atomic E-state index is 12.2. The molecule has 0 radical (unpaired) electrons. The average Bonchev–Trinajstić information content (AvgIpc) is 2.85. The molecular formula is C12H24N4O2S. The van der Waals surface area contributed by atoms with Gasteiger partial charge >= 0.3 is 0 Å². The molecule has 0 aliphatic carbocycles. The molecule has 0 spiro atoms. The summed E-state index contributed by atoms with van der Waals surface area (Å²) in [6.07, 6.45) is 4.85. The summed E-state index contributed by atoms with van der Waals surface area (Å²) in [5.41, 5.74) is 0. The number of rotatable bonds is 9. The Labute approximate surface area is 115 Å². The van der Waals surface area contributed by atoms with Crippen LogP contribution in [0.4, 0.5) is 0 Å². The third-order valence-electron chi connectivity index (χ3n) is 2.91. The number of sulfonamides is 1. The van der Waals surface area contributed by atoms with E-state index >= 15 is 0 Å². The van der Waals surface area contributed by atoms with Gasteiger partial charge in [-0.1, -0.05) is 20.3 Å². The normalized spacial score (nSPS) is 12.2. The van der Waals surface area contributed by atoms with E-state index in [1.807, 2.05) is 13.8 Å². The van der Waals surface area contributed by atoms with E-state index in [1.54, 1.807) is 17.9 Å². The quantitative estimate of drug-likeness (QED) is 0.686. The highest BCUT2D eigenvalue weighted by Gasteiger charge is 2.21. The smallest absolute Gasteiger partial charge is 0.245 e. The van der Waals surface area contributed by atoms with Crippen LogP contribution in [0.3, 0.4) is 0 Å². The third-order valence-corrected chi connectivity index (χ3v) is 4.72. The number of nitrogens with one attached hydrogen (secondary N) is 1. The first-order valence-electron chi connectivity index (χ1n) is 6.71.